The highest BCUT2D eigenvalue weighted by molar-refractivity contribution is 7.14. The molecular formula is C26H26N6O5S. The molecule has 3 heterocycles. The minimum absolute atomic E-state index is 0.0852. The summed E-state index contributed by atoms with van der Waals surface area (Å²) in [6, 6.07) is 8.37. The summed E-state index contributed by atoms with van der Waals surface area (Å²) in [5.41, 5.74) is 2.69. The average Bonchev–Trinajstić information content (AvgIpc) is 3.74. The number of nitrogens with zero attached hydrogens (tertiary/aromatic N) is 4. The van der Waals surface area contributed by atoms with Gasteiger partial charge in [-0.2, -0.15) is 5.10 Å². The van der Waals surface area contributed by atoms with E-state index in [1.165, 1.54) is 50.0 Å². The van der Waals surface area contributed by atoms with Crippen LogP contribution < -0.4 is 24.8 Å². The van der Waals surface area contributed by atoms with Gasteiger partial charge >= 0.3 is 0 Å². The minimum atomic E-state index is -0.267. The topological polar surface area (TPSA) is 129 Å². The number of amides is 1. The Balaban J connectivity index is 1.49. The van der Waals surface area contributed by atoms with Crippen molar-refractivity contribution in [2.45, 2.75) is 18.9 Å². The molecule has 0 bridgehead atoms. The Hall–Kier alpha value is -4.29. The third-order valence-electron chi connectivity index (χ3n) is 6.24. The number of rotatable bonds is 9. The predicted molar refractivity (Wildman–Crippen MR) is 142 cm³/mol. The lowest BCUT2D eigenvalue weighted by Crippen LogP contribution is -2.35. The summed E-state index contributed by atoms with van der Waals surface area (Å²) in [7, 11) is 4.50. The molecule has 5 rings (SSSR count). The molecule has 1 saturated heterocycles. The zero-order valence-electron chi connectivity index (χ0n) is 21.1. The molecule has 4 aromatic rings. The van der Waals surface area contributed by atoms with Crippen molar-refractivity contribution in [1.29, 1.82) is 0 Å². The van der Waals surface area contributed by atoms with E-state index in [0.29, 0.717) is 44.9 Å². The molecule has 1 aliphatic rings. The van der Waals surface area contributed by atoms with E-state index in [1.807, 2.05) is 17.5 Å². The van der Waals surface area contributed by atoms with Gasteiger partial charge in [0.1, 0.15) is 12.7 Å². The summed E-state index contributed by atoms with van der Waals surface area (Å²) >= 11 is 1.34. The van der Waals surface area contributed by atoms with Crippen LogP contribution in [0.2, 0.25) is 0 Å². The first-order valence-corrected chi connectivity index (χ1v) is 12.7. The van der Waals surface area contributed by atoms with Crippen molar-refractivity contribution in [3.63, 3.8) is 0 Å². The van der Waals surface area contributed by atoms with Crippen molar-refractivity contribution >= 4 is 28.2 Å². The molecule has 0 radical (unpaired) electrons. The van der Waals surface area contributed by atoms with E-state index in [1.54, 1.807) is 18.2 Å². The SMILES string of the molecule is COc1cc(C(=O)c2ccc(-c3csc(NC(=O)C4CCCN4)n3)cc2-n2cncn2)cc(OC)c1OC. The van der Waals surface area contributed by atoms with Gasteiger partial charge in [0.05, 0.1) is 38.8 Å². The Morgan fingerprint density at radius 2 is 1.89 bits per heavy atom. The summed E-state index contributed by atoms with van der Waals surface area (Å²) in [4.78, 5) is 34.8. The monoisotopic (exact) mass is 534 g/mol. The number of methoxy groups -OCH3 is 3. The molecule has 2 aromatic carbocycles. The molecule has 1 atom stereocenters. The Bertz CT molecular complexity index is 1440. The van der Waals surface area contributed by atoms with Crippen molar-refractivity contribution in [2.75, 3.05) is 33.2 Å². The molecule has 0 spiro atoms. The lowest BCUT2D eigenvalue weighted by Gasteiger charge is -2.15. The fourth-order valence-corrected chi connectivity index (χ4v) is 5.06. The smallest absolute Gasteiger partial charge is 0.243 e. The van der Waals surface area contributed by atoms with Gasteiger partial charge in [-0.25, -0.2) is 14.6 Å². The van der Waals surface area contributed by atoms with Crippen LogP contribution in [0.25, 0.3) is 16.9 Å². The minimum Gasteiger partial charge on any atom is -0.493 e. The number of ether oxygens (including phenoxy) is 3. The van der Waals surface area contributed by atoms with Crippen LogP contribution in [0.15, 0.2) is 48.4 Å². The fraction of sp³-hybridized carbons (Fsp3) is 0.269. The van der Waals surface area contributed by atoms with Crippen LogP contribution >= 0.6 is 11.3 Å². The molecule has 1 fully saturated rings. The van der Waals surface area contributed by atoms with Gasteiger partial charge in [-0.1, -0.05) is 6.07 Å². The standard InChI is InChI=1S/C26H26N6O5S/c1-35-21-10-16(11-22(36-2)24(21)37-3)23(33)17-7-6-15(9-20(17)32-14-27-13-29-32)19-12-38-26(30-19)31-25(34)18-5-4-8-28-18/h6-7,9-14,18,28H,4-5,8H2,1-3H3,(H,30,31,34). The van der Waals surface area contributed by atoms with Gasteiger partial charge in [0.25, 0.3) is 0 Å². The third-order valence-corrected chi connectivity index (χ3v) is 7.00. The van der Waals surface area contributed by atoms with Crippen LogP contribution in [0.5, 0.6) is 17.2 Å². The van der Waals surface area contributed by atoms with Gasteiger partial charge in [-0.05, 0) is 43.7 Å². The molecule has 11 nitrogen and oxygen atoms in total. The maximum absolute atomic E-state index is 13.7. The number of benzene rings is 2. The number of hydrogen-bond acceptors (Lipinski definition) is 10. The summed E-state index contributed by atoms with van der Waals surface area (Å²) in [6.45, 7) is 0.841. The van der Waals surface area contributed by atoms with Gasteiger partial charge in [-0.15, -0.1) is 11.3 Å². The summed E-state index contributed by atoms with van der Waals surface area (Å²) in [5.74, 6) is 0.793. The number of aromatic nitrogens is 4. The molecular weight excluding hydrogens is 508 g/mol. The normalized spacial score (nSPS) is 14.8. The third kappa shape index (κ3) is 4.95. The molecule has 1 amide bonds. The van der Waals surface area contributed by atoms with E-state index in [4.69, 9.17) is 14.2 Å². The van der Waals surface area contributed by atoms with Gasteiger partial charge in [0.15, 0.2) is 22.4 Å². The van der Waals surface area contributed by atoms with Crippen LogP contribution in [-0.4, -0.2) is 65.4 Å². The average molecular weight is 535 g/mol. The van der Waals surface area contributed by atoms with Crippen molar-refractivity contribution in [3.8, 4) is 34.2 Å². The lowest BCUT2D eigenvalue weighted by atomic mass is 9.98. The number of ketones is 1. The molecule has 196 valence electrons. The Morgan fingerprint density at radius 1 is 1.11 bits per heavy atom. The van der Waals surface area contributed by atoms with Gasteiger partial charge in [0.2, 0.25) is 11.7 Å². The number of thiazole rings is 1. The van der Waals surface area contributed by atoms with Crippen molar-refractivity contribution < 1.29 is 23.8 Å². The second-order valence-electron chi connectivity index (χ2n) is 8.49. The van der Waals surface area contributed by atoms with Crippen LogP contribution in [0.4, 0.5) is 5.13 Å². The van der Waals surface area contributed by atoms with Crippen LogP contribution in [0.1, 0.15) is 28.8 Å². The molecule has 12 heteroatoms. The molecule has 1 aliphatic heterocycles. The van der Waals surface area contributed by atoms with E-state index in [9.17, 15) is 9.59 Å². The first kappa shape index (κ1) is 25.4. The van der Waals surface area contributed by atoms with Crippen LogP contribution in [-0.2, 0) is 4.79 Å². The molecule has 0 aliphatic carbocycles. The Labute approximate surface area is 222 Å². The van der Waals surface area contributed by atoms with Gasteiger partial charge in [0, 0.05) is 22.1 Å². The highest BCUT2D eigenvalue weighted by atomic mass is 32.1. The molecule has 2 aromatic heterocycles. The van der Waals surface area contributed by atoms with E-state index >= 15 is 0 Å². The van der Waals surface area contributed by atoms with Gasteiger partial charge in [-0.3, -0.25) is 9.59 Å². The number of anilines is 1. The van der Waals surface area contributed by atoms with E-state index in [2.05, 4.69) is 25.7 Å². The summed E-state index contributed by atoms with van der Waals surface area (Å²) in [5, 5.41) is 12.7. The Kier molecular flexibility index (Phi) is 7.33. The first-order chi connectivity index (χ1) is 18.5. The second kappa shape index (κ2) is 11.0. The Morgan fingerprint density at radius 3 is 2.53 bits per heavy atom. The van der Waals surface area contributed by atoms with Crippen molar-refractivity contribution in [3.05, 3.63) is 59.5 Å². The molecule has 38 heavy (non-hydrogen) atoms. The predicted octanol–water partition coefficient (Wildman–Crippen LogP) is 3.34. The lowest BCUT2D eigenvalue weighted by molar-refractivity contribution is -0.117. The summed E-state index contributed by atoms with van der Waals surface area (Å²) in [6.07, 6.45) is 4.71. The van der Waals surface area contributed by atoms with E-state index in [-0.39, 0.29) is 17.7 Å². The molecule has 2 N–H and O–H groups in total. The quantitative estimate of drug-likeness (QED) is 0.311. The fourth-order valence-electron chi connectivity index (χ4n) is 4.34. The zero-order valence-corrected chi connectivity index (χ0v) is 21.9. The van der Waals surface area contributed by atoms with Crippen molar-refractivity contribution in [1.82, 2.24) is 25.1 Å². The first-order valence-electron chi connectivity index (χ1n) is 11.9. The number of hydrogen-bond donors (Lipinski definition) is 2. The number of carbonyl (C=O) groups is 2. The van der Waals surface area contributed by atoms with Crippen molar-refractivity contribution in [2.24, 2.45) is 0 Å². The highest BCUT2D eigenvalue weighted by Crippen LogP contribution is 2.39. The van der Waals surface area contributed by atoms with E-state index in [0.717, 1.165) is 24.9 Å². The van der Waals surface area contributed by atoms with Crippen LogP contribution in [0, 0.1) is 0 Å². The zero-order chi connectivity index (χ0) is 26.6. The van der Waals surface area contributed by atoms with Crippen LogP contribution in [0.3, 0.4) is 0 Å². The second-order valence-corrected chi connectivity index (χ2v) is 9.35. The van der Waals surface area contributed by atoms with E-state index < -0.39 is 0 Å². The largest absolute Gasteiger partial charge is 0.493 e. The molecule has 1 unspecified atom stereocenters. The maximum atomic E-state index is 13.7. The summed E-state index contributed by atoms with van der Waals surface area (Å²) < 4.78 is 17.7. The maximum Gasteiger partial charge on any atom is 0.243 e. The number of nitrogens with one attached hydrogen (secondary N) is 2. The highest BCUT2D eigenvalue weighted by Gasteiger charge is 2.24. The van der Waals surface area contributed by atoms with Gasteiger partial charge < -0.3 is 24.8 Å². The molecule has 0 saturated carbocycles. The number of carbonyl (C=O) groups excluding carboxylic acids is 2.